The topological polar surface area (TPSA) is 9.23 Å². The number of hydrogen-bond donors (Lipinski definition) is 0. The Balaban J connectivity index is 1.59. The first-order chi connectivity index (χ1) is 19.8. The second-order valence-corrected chi connectivity index (χ2v) is 10.8. The molecule has 7 rings (SSSR count). The minimum Gasteiger partial charge on any atom is -0.472 e. The van der Waals surface area contributed by atoms with E-state index in [9.17, 15) is 17.6 Å². The summed E-state index contributed by atoms with van der Waals surface area (Å²) in [6.07, 6.45) is 5.33. The van der Waals surface area contributed by atoms with Gasteiger partial charge in [-0.2, -0.15) is 0 Å². The largest absolute Gasteiger partial charge is 0.472 e. The van der Waals surface area contributed by atoms with Crippen LogP contribution < -0.4 is 4.74 Å². The molecular formula is C36H26F4O. The highest BCUT2D eigenvalue weighted by Gasteiger charge is 2.47. The van der Waals surface area contributed by atoms with Crippen LogP contribution in [0.2, 0.25) is 0 Å². The molecule has 41 heavy (non-hydrogen) atoms. The first-order valence-corrected chi connectivity index (χ1v) is 13.8. The molecule has 5 heteroatoms. The smallest absolute Gasteiger partial charge is 0.178 e. The summed E-state index contributed by atoms with van der Waals surface area (Å²) in [7, 11) is 0. The van der Waals surface area contributed by atoms with E-state index in [0.717, 1.165) is 46.0 Å². The van der Waals surface area contributed by atoms with Crippen molar-refractivity contribution in [1.29, 1.82) is 0 Å². The second kappa shape index (κ2) is 9.07. The minimum atomic E-state index is -1.24. The third kappa shape index (κ3) is 3.54. The van der Waals surface area contributed by atoms with Crippen molar-refractivity contribution >= 4 is 16.8 Å². The van der Waals surface area contributed by atoms with Gasteiger partial charge in [0.25, 0.3) is 0 Å². The van der Waals surface area contributed by atoms with E-state index >= 15 is 0 Å². The summed E-state index contributed by atoms with van der Waals surface area (Å²) >= 11 is 0. The maximum absolute atomic E-state index is 14.9. The Labute approximate surface area is 235 Å². The molecule has 5 aromatic rings. The lowest BCUT2D eigenvalue weighted by Gasteiger charge is -2.39. The molecule has 0 aromatic heterocycles. The molecule has 0 fully saturated rings. The third-order valence-corrected chi connectivity index (χ3v) is 9.01. The Kier molecular flexibility index (Phi) is 5.66. The quantitative estimate of drug-likeness (QED) is 0.202. The molecule has 5 aromatic carbocycles. The number of benzene rings is 5. The van der Waals surface area contributed by atoms with E-state index in [0.29, 0.717) is 22.3 Å². The summed E-state index contributed by atoms with van der Waals surface area (Å²) in [6.45, 7) is 4.20. The van der Waals surface area contributed by atoms with Crippen molar-refractivity contribution in [3.05, 3.63) is 142 Å². The normalized spacial score (nSPS) is 15.8. The van der Waals surface area contributed by atoms with Gasteiger partial charge in [-0.1, -0.05) is 56.3 Å². The van der Waals surface area contributed by atoms with E-state index in [2.05, 4.69) is 13.8 Å². The van der Waals surface area contributed by atoms with Crippen molar-refractivity contribution in [2.24, 2.45) is 0 Å². The Bertz CT molecular complexity index is 1820. The van der Waals surface area contributed by atoms with Crippen molar-refractivity contribution < 1.29 is 22.3 Å². The van der Waals surface area contributed by atoms with Gasteiger partial charge in [-0.3, -0.25) is 0 Å². The summed E-state index contributed by atoms with van der Waals surface area (Å²) in [5.74, 6) is -1.02. The van der Waals surface area contributed by atoms with Gasteiger partial charge in [0.2, 0.25) is 0 Å². The van der Waals surface area contributed by atoms with Gasteiger partial charge in [-0.15, -0.1) is 0 Å². The standard InChI is InChI=1S/C36H26F4O/c1-3-35(4-2)31-20-26(40)14-16-28(31)32-27-15-13-25(39)19-30(27)34-29(33(32)35)17-18-36(41-34,21-5-9-23(37)10-6-21)22-7-11-24(38)12-8-22/h5-20H,3-4H2,1-2H3. The molecule has 1 aliphatic carbocycles. The maximum atomic E-state index is 14.9. The van der Waals surface area contributed by atoms with E-state index in [4.69, 9.17) is 4.74 Å². The molecule has 0 unspecified atom stereocenters. The Hall–Kier alpha value is -4.38. The van der Waals surface area contributed by atoms with Gasteiger partial charge < -0.3 is 4.74 Å². The molecule has 204 valence electrons. The van der Waals surface area contributed by atoms with Gasteiger partial charge in [-0.05, 0) is 95.1 Å². The third-order valence-electron chi connectivity index (χ3n) is 9.01. The van der Waals surface area contributed by atoms with E-state index < -0.39 is 28.5 Å². The lowest BCUT2D eigenvalue weighted by atomic mass is 9.71. The molecule has 0 atom stereocenters. The zero-order chi connectivity index (χ0) is 28.5. The van der Waals surface area contributed by atoms with Crippen LogP contribution in [0.25, 0.3) is 28.0 Å². The second-order valence-electron chi connectivity index (χ2n) is 10.8. The molecule has 0 saturated heterocycles. The van der Waals surface area contributed by atoms with Gasteiger partial charge in [0, 0.05) is 27.5 Å². The molecule has 0 N–H and O–H groups in total. The van der Waals surface area contributed by atoms with E-state index in [-0.39, 0.29) is 5.82 Å². The summed E-state index contributed by atoms with van der Waals surface area (Å²) in [5.41, 5.74) is 4.20. The SMILES string of the molecule is CCC1(CC)c2cc(F)ccc2-c2c1c1c(c3cc(F)ccc23)OC(c2ccc(F)cc2)(c2ccc(F)cc2)C=C1. The van der Waals surface area contributed by atoms with Crippen LogP contribution in [-0.2, 0) is 11.0 Å². The van der Waals surface area contributed by atoms with E-state index in [1.165, 1.54) is 42.5 Å². The molecule has 0 bridgehead atoms. The van der Waals surface area contributed by atoms with Crippen LogP contribution in [0.15, 0.2) is 91.0 Å². The molecule has 2 aliphatic rings. The fourth-order valence-electron chi connectivity index (χ4n) is 7.01. The number of rotatable bonds is 4. The van der Waals surface area contributed by atoms with Crippen LogP contribution in [0.3, 0.4) is 0 Å². The highest BCUT2D eigenvalue weighted by atomic mass is 19.1. The highest BCUT2D eigenvalue weighted by molar-refractivity contribution is 6.08. The van der Waals surface area contributed by atoms with Gasteiger partial charge >= 0.3 is 0 Å². The average molecular weight is 551 g/mol. The number of ether oxygens (including phenoxy) is 1. The van der Waals surface area contributed by atoms with Crippen molar-refractivity contribution in [2.45, 2.75) is 37.7 Å². The molecule has 1 heterocycles. The Morgan fingerprint density at radius 1 is 0.634 bits per heavy atom. The number of fused-ring (bicyclic) bond motifs is 8. The van der Waals surface area contributed by atoms with Crippen LogP contribution in [-0.4, -0.2) is 0 Å². The molecule has 0 radical (unpaired) electrons. The van der Waals surface area contributed by atoms with Crippen LogP contribution >= 0.6 is 0 Å². The molecular weight excluding hydrogens is 524 g/mol. The lowest BCUT2D eigenvalue weighted by molar-refractivity contribution is 0.163. The van der Waals surface area contributed by atoms with Crippen molar-refractivity contribution in [2.75, 3.05) is 0 Å². The number of halogens is 4. The van der Waals surface area contributed by atoms with Crippen LogP contribution in [0.1, 0.15) is 54.5 Å². The molecule has 0 saturated carbocycles. The van der Waals surface area contributed by atoms with Crippen LogP contribution in [0.5, 0.6) is 5.75 Å². The predicted octanol–water partition coefficient (Wildman–Crippen LogP) is 9.83. The van der Waals surface area contributed by atoms with Gasteiger partial charge in [-0.25, -0.2) is 17.6 Å². The first-order valence-electron chi connectivity index (χ1n) is 13.8. The van der Waals surface area contributed by atoms with Crippen molar-refractivity contribution in [3.63, 3.8) is 0 Å². The Morgan fingerprint density at radius 3 is 1.80 bits per heavy atom. The predicted molar refractivity (Wildman–Crippen MR) is 154 cm³/mol. The number of hydrogen-bond acceptors (Lipinski definition) is 1. The minimum absolute atomic E-state index is 0.300. The average Bonchev–Trinajstić information content (AvgIpc) is 3.27. The Morgan fingerprint density at radius 2 is 1.20 bits per heavy atom. The van der Waals surface area contributed by atoms with E-state index in [1.54, 1.807) is 36.4 Å². The summed E-state index contributed by atoms with van der Waals surface area (Å²) < 4.78 is 64.7. The van der Waals surface area contributed by atoms with Crippen LogP contribution in [0, 0.1) is 23.3 Å². The van der Waals surface area contributed by atoms with Gasteiger partial charge in [0.05, 0.1) is 0 Å². The maximum Gasteiger partial charge on any atom is 0.178 e. The first kappa shape index (κ1) is 25.6. The molecule has 0 spiro atoms. The monoisotopic (exact) mass is 550 g/mol. The zero-order valence-corrected chi connectivity index (χ0v) is 22.6. The highest BCUT2D eigenvalue weighted by Crippen LogP contribution is 2.60. The van der Waals surface area contributed by atoms with E-state index in [1.807, 2.05) is 18.2 Å². The molecule has 0 amide bonds. The van der Waals surface area contributed by atoms with Crippen molar-refractivity contribution in [3.8, 4) is 16.9 Å². The fourth-order valence-corrected chi connectivity index (χ4v) is 7.01. The molecule has 1 aliphatic heterocycles. The van der Waals surface area contributed by atoms with Gasteiger partial charge in [0.1, 0.15) is 29.0 Å². The lowest BCUT2D eigenvalue weighted by Crippen LogP contribution is -2.35. The summed E-state index contributed by atoms with van der Waals surface area (Å²) in [4.78, 5) is 0. The zero-order valence-electron chi connectivity index (χ0n) is 22.6. The summed E-state index contributed by atoms with van der Waals surface area (Å²) in [6, 6.07) is 21.6. The fraction of sp³-hybridized carbons (Fsp3) is 0.167. The summed E-state index contributed by atoms with van der Waals surface area (Å²) in [5, 5.41) is 1.38. The van der Waals surface area contributed by atoms with Crippen molar-refractivity contribution in [1.82, 2.24) is 0 Å². The molecule has 1 nitrogen and oxygen atoms in total. The van der Waals surface area contributed by atoms with Crippen LogP contribution in [0.4, 0.5) is 17.6 Å². The van der Waals surface area contributed by atoms with Gasteiger partial charge in [0.15, 0.2) is 5.60 Å².